The Balaban J connectivity index is 3.82. The van der Waals surface area contributed by atoms with E-state index in [0.717, 1.165) is 6.42 Å². The highest BCUT2D eigenvalue weighted by Gasteiger charge is 2.24. The van der Waals surface area contributed by atoms with Gasteiger partial charge in [0.2, 0.25) is 0 Å². The van der Waals surface area contributed by atoms with Gasteiger partial charge in [0.1, 0.15) is 0 Å². The van der Waals surface area contributed by atoms with Crippen molar-refractivity contribution in [2.75, 3.05) is 12.5 Å². The summed E-state index contributed by atoms with van der Waals surface area (Å²) < 4.78 is 5.57. The van der Waals surface area contributed by atoms with Gasteiger partial charge in [-0.15, -0.1) is 23.2 Å². The quantitative estimate of drug-likeness (QED) is 0.635. The van der Waals surface area contributed by atoms with Crippen LogP contribution in [-0.4, -0.2) is 23.0 Å². The SMILES string of the molecule is CCC(C)(Cl)COC(C)(C)CCl. The molecule has 0 bridgehead atoms. The zero-order valence-corrected chi connectivity index (χ0v) is 9.80. The van der Waals surface area contributed by atoms with E-state index in [1.807, 2.05) is 27.7 Å². The van der Waals surface area contributed by atoms with E-state index >= 15 is 0 Å². The number of hydrogen-bond donors (Lipinski definition) is 0. The zero-order valence-electron chi connectivity index (χ0n) is 8.29. The van der Waals surface area contributed by atoms with Gasteiger partial charge >= 0.3 is 0 Å². The zero-order chi connectivity index (χ0) is 9.83. The minimum absolute atomic E-state index is 0.261. The predicted octanol–water partition coefficient (Wildman–Crippen LogP) is 3.43. The van der Waals surface area contributed by atoms with Crippen LogP contribution in [0.15, 0.2) is 0 Å². The van der Waals surface area contributed by atoms with Gasteiger partial charge in [-0.25, -0.2) is 0 Å². The van der Waals surface area contributed by atoms with Crippen molar-refractivity contribution in [1.82, 2.24) is 0 Å². The molecule has 1 atom stereocenters. The monoisotopic (exact) mass is 212 g/mol. The third-order valence-electron chi connectivity index (χ3n) is 1.82. The van der Waals surface area contributed by atoms with Gasteiger partial charge in [-0.05, 0) is 27.2 Å². The predicted molar refractivity (Wildman–Crippen MR) is 55.3 cm³/mol. The molecule has 0 N–H and O–H groups in total. The van der Waals surface area contributed by atoms with Crippen molar-refractivity contribution in [3.63, 3.8) is 0 Å². The summed E-state index contributed by atoms with van der Waals surface area (Å²) in [6.07, 6.45) is 0.896. The molecule has 0 aliphatic rings. The van der Waals surface area contributed by atoms with Crippen LogP contribution >= 0.6 is 23.2 Å². The van der Waals surface area contributed by atoms with Gasteiger partial charge in [-0.3, -0.25) is 0 Å². The van der Waals surface area contributed by atoms with Crippen LogP contribution in [0.4, 0.5) is 0 Å². The average molecular weight is 213 g/mol. The molecule has 0 fully saturated rings. The smallest absolute Gasteiger partial charge is 0.0762 e. The van der Waals surface area contributed by atoms with Crippen LogP contribution in [0.25, 0.3) is 0 Å². The van der Waals surface area contributed by atoms with Gasteiger partial charge in [0.25, 0.3) is 0 Å². The third-order valence-corrected chi connectivity index (χ3v) is 2.84. The van der Waals surface area contributed by atoms with Crippen LogP contribution in [0.3, 0.4) is 0 Å². The molecule has 0 heterocycles. The minimum atomic E-state index is -0.271. The van der Waals surface area contributed by atoms with Crippen LogP contribution in [-0.2, 0) is 4.74 Å². The molecule has 0 rings (SSSR count). The second-order valence-corrected chi connectivity index (χ2v) is 5.13. The highest BCUT2D eigenvalue weighted by Crippen LogP contribution is 2.22. The van der Waals surface area contributed by atoms with Crippen LogP contribution in [0.5, 0.6) is 0 Å². The van der Waals surface area contributed by atoms with Crippen LogP contribution in [0.1, 0.15) is 34.1 Å². The van der Waals surface area contributed by atoms with Crippen LogP contribution < -0.4 is 0 Å². The molecule has 1 unspecified atom stereocenters. The molecule has 0 aliphatic heterocycles. The van der Waals surface area contributed by atoms with Crippen molar-refractivity contribution in [3.8, 4) is 0 Å². The van der Waals surface area contributed by atoms with E-state index in [9.17, 15) is 0 Å². The first-order valence-electron chi connectivity index (χ1n) is 4.22. The first-order valence-corrected chi connectivity index (χ1v) is 5.13. The molecule has 0 saturated carbocycles. The Labute approximate surface area is 85.4 Å². The molecule has 0 amide bonds. The van der Waals surface area contributed by atoms with E-state index in [1.54, 1.807) is 0 Å². The normalized spacial score (nSPS) is 17.5. The number of alkyl halides is 2. The summed E-state index contributed by atoms with van der Waals surface area (Å²) in [4.78, 5) is -0.261. The molecular weight excluding hydrogens is 195 g/mol. The van der Waals surface area contributed by atoms with E-state index in [0.29, 0.717) is 12.5 Å². The van der Waals surface area contributed by atoms with Gasteiger partial charge in [0.05, 0.1) is 23.0 Å². The number of ether oxygens (including phenoxy) is 1. The van der Waals surface area contributed by atoms with Crippen molar-refractivity contribution >= 4 is 23.2 Å². The van der Waals surface area contributed by atoms with Crippen LogP contribution in [0, 0.1) is 0 Å². The summed E-state index contributed by atoms with van der Waals surface area (Å²) in [7, 11) is 0. The second-order valence-electron chi connectivity index (χ2n) is 3.95. The van der Waals surface area contributed by atoms with E-state index in [-0.39, 0.29) is 10.5 Å². The van der Waals surface area contributed by atoms with Crippen LogP contribution in [0.2, 0.25) is 0 Å². The molecule has 1 nitrogen and oxygen atoms in total. The van der Waals surface area contributed by atoms with Crippen molar-refractivity contribution in [2.24, 2.45) is 0 Å². The Hall–Kier alpha value is 0.540. The number of rotatable bonds is 5. The van der Waals surface area contributed by atoms with Gasteiger partial charge < -0.3 is 4.74 Å². The summed E-state index contributed by atoms with van der Waals surface area (Å²) in [5.74, 6) is 0.490. The maximum absolute atomic E-state index is 6.12. The second kappa shape index (κ2) is 4.69. The van der Waals surface area contributed by atoms with Gasteiger partial charge in [-0.2, -0.15) is 0 Å². The molecule has 0 spiro atoms. The maximum Gasteiger partial charge on any atom is 0.0762 e. The highest BCUT2D eigenvalue weighted by atomic mass is 35.5. The molecular formula is C9H18Cl2O. The fourth-order valence-corrected chi connectivity index (χ4v) is 0.618. The summed E-state index contributed by atoms with van der Waals surface area (Å²) in [5, 5.41) is 0. The molecule has 0 aromatic heterocycles. The van der Waals surface area contributed by atoms with E-state index < -0.39 is 0 Å². The minimum Gasteiger partial charge on any atom is -0.373 e. The Morgan fingerprint density at radius 2 is 1.75 bits per heavy atom. The molecule has 12 heavy (non-hydrogen) atoms. The van der Waals surface area contributed by atoms with Crippen molar-refractivity contribution in [1.29, 1.82) is 0 Å². The fraction of sp³-hybridized carbons (Fsp3) is 1.00. The standard InChI is InChI=1S/C9H18Cl2O/c1-5-9(4,11)7-12-8(2,3)6-10/h5-7H2,1-4H3. The molecule has 0 aliphatic carbocycles. The number of halogens is 2. The van der Waals surface area contributed by atoms with Crippen molar-refractivity contribution in [2.45, 2.75) is 44.6 Å². The molecule has 74 valence electrons. The van der Waals surface area contributed by atoms with E-state index in [4.69, 9.17) is 27.9 Å². The molecule has 0 aromatic rings. The molecule has 0 aromatic carbocycles. The summed E-state index contributed by atoms with van der Waals surface area (Å²) >= 11 is 11.8. The lowest BCUT2D eigenvalue weighted by Crippen LogP contribution is -2.33. The Morgan fingerprint density at radius 3 is 2.08 bits per heavy atom. The fourth-order valence-electron chi connectivity index (χ4n) is 0.486. The van der Waals surface area contributed by atoms with Gasteiger partial charge in [0, 0.05) is 0 Å². The first kappa shape index (κ1) is 12.5. The van der Waals surface area contributed by atoms with E-state index in [1.165, 1.54) is 0 Å². The third kappa shape index (κ3) is 5.23. The molecule has 3 heteroatoms. The highest BCUT2D eigenvalue weighted by molar-refractivity contribution is 6.23. The van der Waals surface area contributed by atoms with Crippen molar-refractivity contribution in [3.05, 3.63) is 0 Å². The van der Waals surface area contributed by atoms with E-state index in [2.05, 4.69) is 0 Å². The summed E-state index contributed by atoms with van der Waals surface area (Å²) in [6, 6.07) is 0. The largest absolute Gasteiger partial charge is 0.373 e. The topological polar surface area (TPSA) is 9.23 Å². The maximum atomic E-state index is 6.12. The van der Waals surface area contributed by atoms with Gasteiger partial charge in [0.15, 0.2) is 0 Å². The first-order chi connectivity index (χ1) is 5.33. The average Bonchev–Trinajstić information content (AvgIpc) is 2.02. The molecule has 0 radical (unpaired) electrons. The van der Waals surface area contributed by atoms with Crippen molar-refractivity contribution < 1.29 is 4.74 Å². The Kier molecular flexibility index (Phi) is 4.90. The summed E-state index contributed by atoms with van der Waals surface area (Å²) in [6.45, 7) is 8.49. The summed E-state index contributed by atoms with van der Waals surface area (Å²) in [5.41, 5.74) is -0.271. The molecule has 0 saturated heterocycles. The lowest BCUT2D eigenvalue weighted by molar-refractivity contribution is -0.0121. The van der Waals surface area contributed by atoms with Gasteiger partial charge in [-0.1, -0.05) is 6.92 Å². The Bertz CT molecular complexity index is 116. The number of hydrogen-bond acceptors (Lipinski definition) is 1. The lowest BCUT2D eigenvalue weighted by Gasteiger charge is -2.28. The Morgan fingerprint density at radius 1 is 1.25 bits per heavy atom. The lowest BCUT2D eigenvalue weighted by atomic mass is 10.1.